The van der Waals surface area contributed by atoms with Crippen LogP contribution < -0.4 is 0 Å². The molecular formula is C32H61NO13. The number of carboxylic acid groups (broad SMARTS) is 1. The zero-order chi connectivity index (χ0) is 34.5. The van der Waals surface area contributed by atoms with Gasteiger partial charge in [-0.3, -0.25) is 9.59 Å². The van der Waals surface area contributed by atoms with Crippen molar-refractivity contribution in [3.05, 3.63) is 0 Å². The van der Waals surface area contributed by atoms with Gasteiger partial charge in [0.2, 0.25) is 5.91 Å². The lowest BCUT2D eigenvalue weighted by molar-refractivity contribution is -0.327. The summed E-state index contributed by atoms with van der Waals surface area (Å²) < 4.78 is 10.8. The summed E-state index contributed by atoms with van der Waals surface area (Å²) in [7, 11) is 0. The molecule has 1 rings (SSSR count). The van der Waals surface area contributed by atoms with Crippen LogP contribution in [0.3, 0.4) is 0 Å². The van der Waals surface area contributed by atoms with Crippen LogP contribution in [0.4, 0.5) is 0 Å². The standard InChI is InChI=1S/C32H61NO13/c1-2-3-4-5-10-13-16-25(38)33(18-15-12-9-7-6-8-11-14-17-26(39)40)19-22(36)27(41)31(23(37)20-34)46-32-30(44)29(43)28(42)24(21-35)45-32/h22-24,27-32,34-37,41-44H,2-21H2,1H3,(H,39,40)/t22-,23+,24+,27+,28-,29-,30+,31+,32-/m0/s1. The third-order valence-electron chi connectivity index (χ3n) is 8.51. The molecule has 0 aromatic carbocycles. The van der Waals surface area contributed by atoms with E-state index in [1.165, 1.54) is 4.90 Å². The summed E-state index contributed by atoms with van der Waals surface area (Å²) in [6, 6.07) is 0. The van der Waals surface area contributed by atoms with E-state index in [4.69, 9.17) is 14.6 Å². The number of ether oxygens (including phenoxy) is 2. The molecular weight excluding hydrogens is 606 g/mol. The Bertz CT molecular complexity index is 804. The largest absolute Gasteiger partial charge is 0.481 e. The van der Waals surface area contributed by atoms with Crippen molar-refractivity contribution in [2.45, 2.75) is 165 Å². The first-order valence-electron chi connectivity index (χ1n) is 17.1. The number of carbonyl (C=O) groups is 2. The maximum Gasteiger partial charge on any atom is 0.303 e. The Morgan fingerprint density at radius 2 is 1.28 bits per heavy atom. The van der Waals surface area contributed by atoms with Gasteiger partial charge in [0.1, 0.15) is 48.8 Å². The number of hydrogen-bond acceptors (Lipinski definition) is 12. The van der Waals surface area contributed by atoms with Crippen molar-refractivity contribution in [1.29, 1.82) is 0 Å². The lowest BCUT2D eigenvalue weighted by Gasteiger charge is -2.42. The van der Waals surface area contributed by atoms with Crippen molar-refractivity contribution >= 4 is 11.9 Å². The van der Waals surface area contributed by atoms with Crippen molar-refractivity contribution in [3.8, 4) is 0 Å². The van der Waals surface area contributed by atoms with Gasteiger partial charge in [0.25, 0.3) is 0 Å². The SMILES string of the molecule is CCCCCCCCC(=O)N(CCCCCCCCCCC(=O)O)C[C@H](O)[C@@H](O)[C@H](O[C@@H]1O[C@H](CO)[C@H](O)[C@H](O)[C@H]1O)[C@H](O)CO. The molecule has 0 radical (unpaired) electrons. The number of hydrogen-bond donors (Lipinski definition) is 9. The van der Waals surface area contributed by atoms with Crippen LogP contribution in [0.25, 0.3) is 0 Å². The predicted octanol–water partition coefficient (Wildman–Crippen LogP) is 0.421. The van der Waals surface area contributed by atoms with Crippen molar-refractivity contribution in [2.24, 2.45) is 0 Å². The van der Waals surface area contributed by atoms with Crippen LogP contribution >= 0.6 is 0 Å². The summed E-state index contributed by atoms with van der Waals surface area (Å²) in [5, 5.41) is 90.6. The van der Waals surface area contributed by atoms with Crippen LogP contribution in [0, 0.1) is 0 Å². The predicted molar refractivity (Wildman–Crippen MR) is 168 cm³/mol. The van der Waals surface area contributed by atoms with E-state index in [1.54, 1.807) is 0 Å². The highest BCUT2D eigenvalue weighted by atomic mass is 16.7. The Morgan fingerprint density at radius 1 is 0.739 bits per heavy atom. The zero-order valence-electron chi connectivity index (χ0n) is 27.4. The highest BCUT2D eigenvalue weighted by Crippen LogP contribution is 2.25. The third kappa shape index (κ3) is 16.1. The molecule has 1 amide bonds. The highest BCUT2D eigenvalue weighted by Gasteiger charge is 2.47. The number of rotatable bonds is 27. The van der Waals surface area contributed by atoms with Crippen LogP contribution in [0.15, 0.2) is 0 Å². The maximum atomic E-state index is 13.2. The molecule has 9 atom stereocenters. The molecule has 14 nitrogen and oxygen atoms in total. The summed E-state index contributed by atoms with van der Waals surface area (Å²) in [4.78, 5) is 25.3. The van der Waals surface area contributed by atoms with Gasteiger partial charge < -0.3 is 60.3 Å². The number of aliphatic carboxylic acids is 1. The van der Waals surface area contributed by atoms with E-state index in [9.17, 15) is 50.4 Å². The minimum atomic E-state index is -1.86. The van der Waals surface area contributed by atoms with E-state index in [0.29, 0.717) is 25.8 Å². The van der Waals surface area contributed by atoms with E-state index >= 15 is 0 Å². The zero-order valence-corrected chi connectivity index (χ0v) is 27.4. The van der Waals surface area contributed by atoms with Gasteiger partial charge in [-0.15, -0.1) is 0 Å². The van der Waals surface area contributed by atoms with E-state index in [0.717, 1.165) is 70.6 Å². The van der Waals surface area contributed by atoms with Crippen LogP contribution in [0.1, 0.15) is 110 Å². The van der Waals surface area contributed by atoms with Gasteiger partial charge in [0, 0.05) is 25.9 Å². The quantitative estimate of drug-likeness (QED) is 0.0541. The van der Waals surface area contributed by atoms with Gasteiger partial charge in [-0.25, -0.2) is 0 Å². The number of carboxylic acids is 1. The molecule has 1 aliphatic heterocycles. The van der Waals surface area contributed by atoms with Crippen molar-refractivity contribution < 1.29 is 65.0 Å². The smallest absolute Gasteiger partial charge is 0.303 e. The Morgan fingerprint density at radius 3 is 1.83 bits per heavy atom. The van der Waals surface area contributed by atoms with Gasteiger partial charge in [0.15, 0.2) is 6.29 Å². The normalized spacial score (nSPS) is 24.3. The fourth-order valence-electron chi connectivity index (χ4n) is 5.56. The fraction of sp³-hybridized carbons (Fsp3) is 0.938. The molecule has 0 aliphatic carbocycles. The number of nitrogens with zero attached hydrogens (tertiary/aromatic N) is 1. The minimum absolute atomic E-state index is 0.183. The summed E-state index contributed by atoms with van der Waals surface area (Å²) in [6.07, 6.45) is -1.97. The van der Waals surface area contributed by atoms with Gasteiger partial charge in [-0.1, -0.05) is 77.6 Å². The van der Waals surface area contributed by atoms with Crippen LogP contribution in [0.5, 0.6) is 0 Å². The Kier molecular flexibility index (Phi) is 22.8. The lowest BCUT2D eigenvalue weighted by Crippen LogP contribution is -2.61. The fourth-order valence-corrected chi connectivity index (χ4v) is 5.56. The van der Waals surface area contributed by atoms with E-state index in [-0.39, 0.29) is 25.3 Å². The molecule has 0 spiro atoms. The first-order valence-corrected chi connectivity index (χ1v) is 17.1. The van der Waals surface area contributed by atoms with Gasteiger partial charge in [-0.05, 0) is 19.3 Å². The molecule has 1 aliphatic rings. The summed E-state index contributed by atoms with van der Waals surface area (Å²) in [6.45, 7) is 0.546. The minimum Gasteiger partial charge on any atom is -0.481 e. The first-order chi connectivity index (χ1) is 22.0. The van der Waals surface area contributed by atoms with E-state index < -0.39 is 74.3 Å². The number of aliphatic hydroxyl groups is 8. The van der Waals surface area contributed by atoms with Crippen LogP contribution in [0.2, 0.25) is 0 Å². The lowest BCUT2D eigenvalue weighted by atomic mass is 9.98. The number of aliphatic hydroxyl groups excluding tert-OH is 8. The Balaban J connectivity index is 2.80. The molecule has 0 aromatic rings. The Hall–Kier alpha value is -1.46. The second kappa shape index (κ2) is 24.6. The van der Waals surface area contributed by atoms with Gasteiger partial charge >= 0.3 is 5.97 Å². The van der Waals surface area contributed by atoms with Gasteiger partial charge in [0.05, 0.1) is 13.2 Å². The summed E-state index contributed by atoms with van der Waals surface area (Å²) >= 11 is 0. The summed E-state index contributed by atoms with van der Waals surface area (Å²) in [5.74, 6) is -0.969. The molecule has 1 fully saturated rings. The first kappa shape index (κ1) is 42.6. The van der Waals surface area contributed by atoms with Crippen molar-refractivity contribution in [2.75, 3.05) is 26.3 Å². The maximum absolute atomic E-state index is 13.2. The van der Waals surface area contributed by atoms with Gasteiger partial charge in [-0.2, -0.15) is 0 Å². The van der Waals surface area contributed by atoms with Crippen LogP contribution in [-0.2, 0) is 19.1 Å². The molecule has 0 unspecified atom stereocenters. The second-order valence-electron chi connectivity index (χ2n) is 12.4. The number of carbonyl (C=O) groups excluding carboxylic acids is 1. The number of unbranched alkanes of at least 4 members (excludes halogenated alkanes) is 12. The average Bonchev–Trinajstić information content (AvgIpc) is 3.04. The van der Waals surface area contributed by atoms with E-state index in [1.807, 2.05) is 0 Å². The molecule has 0 bridgehead atoms. The molecule has 272 valence electrons. The second-order valence-corrected chi connectivity index (χ2v) is 12.4. The van der Waals surface area contributed by atoms with Crippen molar-refractivity contribution in [3.63, 3.8) is 0 Å². The van der Waals surface area contributed by atoms with E-state index in [2.05, 4.69) is 6.92 Å². The molecule has 9 N–H and O–H groups in total. The Labute approximate surface area is 273 Å². The molecule has 46 heavy (non-hydrogen) atoms. The topological polar surface area (TPSA) is 238 Å². The number of amides is 1. The molecule has 0 aromatic heterocycles. The molecule has 0 saturated carbocycles. The van der Waals surface area contributed by atoms with Crippen molar-refractivity contribution in [1.82, 2.24) is 4.90 Å². The molecule has 1 saturated heterocycles. The highest BCUT2D eigenvalue weighted by molar-refractivity contribution is 5.76. The molecule has 1 heterocycles. The third-order valence-corrected chi connectivity index (χ3v) is 8.51. The molecule has 14 heteroatoms. The average molecular weight is 668 g/mol. The monoisotopic (exact) mass is 667 g/mol. The van der Waals surface area contributed by atoms with Crippen LogP contribution in [-0.4, -0.2) is 144 Å². The summed E-state index contributed by atoms with van der Waals surface area (Å²) in [5.41, 5.74) is 0.